The second-order valence-electron chi connectivity index (χ2n) is 7.18. The Morgan fingerprint density at radius 2 is 2.06 bits per heavy atom. The van der Waals surface area contributed by atoms with Crippen molar-refractivity contribution in [2.24, 2.45) is 28.6 Å². The van der Waals surface area contributed by atoms with Gasteiger partial charge in [-0.2, -0.15) is 0 Å². The number of carbonyl (C=O) groups excluding carboxylic acids is 1. The molecule has 0 aliphatic heterocycles. The topological polar surface area (TPSA) is 37.3 Å². The van der Waals surface area contributed by atoms with Gasteiger partial charge in [0.25, 0.3) is 0 Å². The highest BCUT2D eigenvalue weighted by molar-refractivity contribution is 5.87. The molecule has 4 aliphatic rings. The Labute approximate surface area is 96.4 Å². The average molecular weight is 220 g/mol. The predicted molar refractivity (Wildman–Crippen MR) is 59.7 cm³/mol. The number of Topliss-reactive ketones (excluding diaryl/α,β-unsaturated/α-hetero) is 1. The third-order valence-corrected chi connectivity index (χ3v) is 6.80. The van der Waals surface area contributed by atoms with Gasteiger partial charge in [-0.1, -0.05) is 13.8 Å². The van der Waals surface area contributed by atoms with Crippen molar-refractivity contribution in [2.45, 2.75) is 51.6 Å². The Bertz CT molecular complexity index is 404. The summed E-state index contributed by atoms with van der Waals surface area (Å²) in [5.74, 6) is 1.68. The van der Waals surface area contributed by atoms with Crippen LogP contribution in [0.5, 0.6) is 0 Å². The minimum atomic E-state index is -0.499. The first-order valence-corrected chi connectivity index (χ1v) is 6.70. The third-order valence-electron chi connectivity index (χ3n) is 6.80. The molecule has 2 heteroatoms. The van der Waals surface area contributed by atoms with E-state index in [1.54, 1.807) is 0 Å². The molecular weight excluding hydrogens is 200 g/mol. The minimum absolute atomic E-state index is 0.00347. The van der Waals surface area contributed by atoms with E-state index < -0.39 is 5.60 Å². The molecule has 0 amide bonds. The summed E-state index contributed by atoms with van der Waals surface area (Å²) in [4.78, 5) is 12.1. The highest BCUT2D eigenvalue weighted by atomic mass is 16.3. The Kier molecular flexibility index (Phi) is 1.37. The fourth-order valence-corrected chi connectivity index (χ4v) is 6.49. The Hall–Kier alpha value is -0.370. The number of ketones is 1. The summed E-state index contributed by atoms with van der Waals surface area (Å²) in [6, 6.07) is 0. The molecule has 4 saturated carbocycles. The summed E-state index contributed by atoms with van der Waals surface area (Å²) in [7, 11) is 0. The fraction of sp³-hybridized carbons (Fsp3) is 0.929. The number of rotatable bonds is 0. The van der Waals surface area contributed by atoms with Crippen LogP contribution in [0.25, 0.3) is 0 Å². The van der Waals surface area contributed by atoms with Gasteiger partial charge in [0, 0.05) is 17.8 Å². The minimum Gasteiger partial charge on any atom is -0.389 e. The molecule has 0 saturated heterocycles. The maximum Gasteiger partial charge on any atom is 0.137 e. The van der Waals surface area contributed by atoms with Gasteiger partial charge in [0.1, 0.15) is 5.78 Å². The number of hydrogen-bond donors (Lipinski definition) is 1. The van der Waals surface area contributed by atoms with Crippen LogP contribution in [-0.4, -0.2) is 16.5 Å². The van der Waals surface area contributed by atoms with Crippen molar-refractivity contribution in [3.8, 4) is 0 Å². The maximum atomic E-state index is 12.1. The lowest BCUT2D eigenvalue weighted by molar-refractivity contribution is -0.194. The summed E-state index contributed by atoms with van der Waals surface area (Å²) >= 11 is 0. The SMILES string of the molecule is C[C@H]1C[C@@]2(O)CC[C@]3(C)C[C@H]4C(=O)CC1C432. The molecule has 0 bridgehead atoms. The van der Waals surface area contributed by atoms with Crippen molar-refractivity contribution in [1.29, 1.82) is 0 Å². The van der Waals surface area contributed by atoms with Crippen LogP contribution in [0.4, 0.5) is 0 Å². The highest BCUT2D eigenvalue weighted by Gasteiger charge is 2.84. The summed E-state index contributed by atoms with van der Waals surface area (Å²) in [5, 5.41) is 11.0. The lowest BCUT2D eigenvalue weighted by atomic mass is 9.43. The van der Waals surface area contributed by atoms with E-state index in [1.165, 1.54) is 0 Å². The van der Waals surface area contributed by atoms with Crippen LogP contribution >= 0.6 is 0 Å². The standard InChI is InChI=1S/C14H20O2/c1-8-6-13(16)4-3-12(2)7-10-11(15)5-9(8)14(10,12)13/h8-10,16H,3-7H2,1-2H3/t8-,9?,10-,12+,13-,14?/m0/s1. The molecule has 4 fully saturated rings. The molecule has 2 nitrogen and oxygen atoms in total. The van der Waals surface area contributed by atoms with Gasteiger partial charge in [-0.15, -0.1) is 0 Å². The van der Waals surface area contributed by atoms with Gasteiger partial charge >= 0.3 is 0 Å². The Balaban J connectivity index is 1.95. The van der Waals surface area contributed by atoms with Crippen LogP contribution in [0.2, 0.25) is 0 Å². The average Bonchev–Trinajstić information content (AvgIpc) is 2.63. The normalized spacial score (nSPS) is 66.7. The molecule has 0 aromatic heterocycles. The van der Waals surface area contributed by atoms with Crippen molar-refractivity contribution >= 4 is 5.78 Å². The molecular formula is C14H20O2. The van der Waals surface area contributed by atoms with E-state index in [2.05, 4.69) is 13.8 Å². The zero-order chi connectivity index (χ0) is 11.3. The summed E-state index contributed by atoms with van der Waals surface area (Å²) < 4.78 is 0. The third kappa shape index (κ3) is 0.633. The van der Waals surface area contributed by atoms with Crippen LogP contribution < -0.4 is 0 Å². The first-order chi connectivity index (χ1) is 7.45. The first kappa shape index (κ1) is 9.64. The van der Waals surface area contributed by atoms with Gasteiger partial charge in [0.05, 0.1) is 5.60 Å². The summed E-state index contributed by atoms with van der Waals surface area (Å²) in [5.41, 5.74) is -0.231. The van der Waals surface area contributed by atoms with Gasteiger partial charge < -0.3 is 5.11 Å². The molecule has 6 atom stereocenters. The molecule has 4 rings (SSSR count). The van der Waals surface area contributed by atoms with E-state index in [9.17, 15) is 9.90 Å². The number of hydrogen-bond acceptors (Lipinski definition) is 2. The van der Waals surface area contributed by atoms with Gasteiger partial charge in [0.2, 0.25) is 0 Å². The molecule has 16 heavy (non-hydrogen) atoms. The monoisotopic (exact) mass is 220 g/mol. The molecule has 0 aromatic carbocycles. The van der Waals surface area contributed by atoms with E-state index in [1.807, 2.05) is 0 Å². The van der Waals surface area contributed by atoms with Crippen LogP contribution in [0.3, 0.4) is 0 Å². The van der Waals surface area contributed by atoms with E-state index in [4.69, 9.17) is 0 Å². The number of aliphatic hydroxyl groups is 1. The van der Waals surface area contributed by atoms with Crippen LogP contribution in [-0.2, 0) is 4.79 Å². The molecule has 2 unspecified atom stereocenters. The van der Waals surface area contributed by atoms with E-state index in [0.717, 1.165) is 32.1 Å². The predicted octanol–water partition coefficient (Wildman–Crippen LogP) is 2.15. The van der Waals surface area contributed by atoms with Crippen LogP contribution in [0.1, 0.15) is 46.0 Å². The second-order valence-corrected chi connectivity index (χ2v) is 7.18. The molecule has 88 valence electrons. The van der Waals surface area contributed by atoms with Crippen LogP contribution in [0, 0.1) is 28.6 Å². The smallest absolute Gasteiger partial charge is 0.137 e. The van der Waals surface area contributed by atoms with Crippen molar-refractivity contribution in [2.75, 3.05) is 0 Å². The van der Waals surface area contributed by atoms with Gasteiger partial charge in [-0.3, -0.25) is 4.79 Å². The van der Waals surface area contributed by atoms with Gasteiger partial charge in [-0.25, -0.2) is 0 Å². The fourth-order valence-electron chi connectivity index (χ4n) is 6.49. The zero-order valence-electron chi connectivity index (χ0n) is 10.1. The number of carbonyl (C=O) groups is 1. The molecule has 0 aromatic rings. The molecule has 1 spiro atoms. The molecule has 4 aliphatic carbocycles. The van der Waals surface area contributed by atoms with Crippen LogP contribution in [0.15, 0.2) is 0 Å². The lowest BCUT2D eigenvalue weighted by Crippen LogP contribution is -2.62. The van der Waals surface area contributed by atoms with Crippen molar-refractivity contribution < 1.29 is 9.90 Å². The van der Waals surface area contributed by atoms with E-state index in [-0.39, 0.29) is 16.7 Å². The van der Waals surface area contributed by atoms with E-state index >= 15 is 0 Å². The largest absolute Gasteiger partial charge is 0.389 e. The van der Waals surface area contributed by atoms with Crippen molar-refractivity contribution in [3.63, 3.8) is 0 Å². The van der Waals surface area contributed by atoms with Crippen molar-refractivity contribution in [1.82, 2.24) is 0 Å². The maximum absolute atomic E-state index is 12.1. The first-order valence-electron chi connectivity index (χ1n) is 6.70. The summed E-state index contributed by atoms with van der Waals surface area (Å²) in [6.45, 7) is 4.56. The molecule has 0 radical (unpaired) electrons. The summed E-state index contributed by atoms with van der Waals surface area (Å²) in [6.07, 6.45) is 4.82. The molecule has 1 N–H and O–H groups in total. The Morgan fingerprint density at radius 1 is 1.31 bits per heavy atom. The van der Waals surface area contributed by atoms with Crippen molar-refractivity contribution in [3.05, 3.63) is 0 Å². The van der Waals surface area contributed by atoms with Gasteiger partial charge in [-0.05, 0) is 42.9 Å². The van der Waals surface area contributed by atoms with E-state index in [0.29, 0.717) is 17.6 Å². The Morgan fingerprint density at radius 3 is 2.81 bits per heavy atom. The second kappa shape index (κ2) is 2.27. The lowest BCUT2D eigenvalue weighted by Gasteiger charge is -2.61. The zero-order valence-corrected chi connectivity index (χ0v) is 10.1. The van der Waals surface area contributed by atoms with Gasteiger partial charge in [0.15, 0.2) is 0 Å². The quantitative estimate of drug-likeness (QED) is 0.679. The molecule has 0 heterocycles. The highest BCUT2D eigenvalue weighted by Crippen LogP contribution is 2.83.